The molecule has 2 aromatic carbocycles. The van der Waals surface area contributed by atoms with E-state index in [9.17, 15) is 0 Å². The molecule has 0 nitrogen and oxygen atoms in total. The van der Waals surface area contributed by atoms with Gasteiger partial charge in [-0.3, -0.25) is 0 Å². The van der Waals surface area contributed by atoms with Crippen LogP contribution < -0.4 is 0 Å². The lowest BCUT2D eigenvalue weighted by atomic mass is 10.2. The quantitative estimate of drug-likeness (QED) is 0.711. The van der Waals surface area contributed by atoms with Crippen LogP contribution in [0.3, 0.4) is 0 Å². The van der Waals surface area contributed by atoms with Crippen molar-refractivity contribution in [2.45, 2.75) is 23.6 Å². The van der Waals surface area contributed by atoms with Crippen molar-refractivity contribution >= 4 is 11.8 Å². The SMILES string of the molecule is Cc1ccc(Sc2cccc(C)c2)cc1. The highest BCUT2D eigenvalue weighted by atomic mass is 32.2. The van der Waals surface area contributed by atoms with Crippen molar-refractivity contribution in [1.82, 2.24) is 0 Å². The largest absolute Gasteiger partial charge is 0.0901 e. The maximum atomic E-state index is 2.21. The van der Waals surface area contributed by atoms with E-state index in [-0.39, 0.29) is 0 Å². The van der Waals surface area contributed by atoms with E-state index in [0.29, 0.717) is 0 Å². The van der Waals surface area contributed by atoms with Gasteiger partial charge in [0.05, 0.1) is 0 Å². The zero-order chi connectivity index (χ0) is 10.7. The molecular weight excluding hydrogens is 200 g/mol. The van der Waals surface area contributed by atoms with Gasteiger partial charge in [-0.05, 0) is 38.1 Å². The summed E-state index contributed by atoms with van der Waals surface area (Å²) in [6.07, 6.45) is 0. The van der Waals surface area contributed by atoms with Gasteiger partial charge in [0.15, 0.2) is 0 Å². The summed E-state index contributed by atoms with van der Waals surface area (Å²) in [5, 5.41) is 0. The average molecular weight is 214 g/mol. The highest BCUT2D eigenvalue weighted by Gasteiger charge is 1.96. The Morgan fingerprint density at radius 2 is 1.47 bits per heavy atom. The highest BCUT2D eigenvalue weighted by molar-refractivity contribution is 7.99. The van der Waals surface area contributed by atoms with Crippen LogP contribution in [0.4, 0.5) is 0 Å². The first-order valence-corrected chi connectivity index (χ1v) is 5.87. The highest BCUT2D eigenvalue weighted by Crippen LogP contribution is 2.27. The van der Waals surface area contributed by atoms with Gasteiger partial charge < -0.3 is 0 Å². The lowest BCUT2D eigenvalue weighted by molar-refractivity contribution is 1.33. The minimum atomic E-state index is 1.30. The van der Waals surface area contributed by atoms with Crippen LogP contribution in [0.2, 0.25) is 0 Å². The van der Waals surface area contributed by atoms with E-state index in [2.05, 4.69) is 62.4 Å². The average Bonchev–Trinajstić information content (AvgIpc) is 2.22. The topological polar surface area (TPSA) is 0 Å². The van der Waals surface area contributed by atoms with Crippen LogP contribution in [-0.2, 0) is 0 Å². The lowest BCUT2D eigenvalue weighted by Gasteiger charge is -2.02. The van der Waals surface area contributed by atoms with E-state index in [1.807, 2.05) is 11.8 Å². The van der Waals surface area contributed by atoms with Crippen LogP contribution in [0.5, 0.6) is 0 Å². The molecule has 0 aliphatic heterocycles. The third-order valence-corrected chi connectivity index (χ3v) is 3.24. The van der Waals surface area contributed by atoms with E-state index in [1.54, 1.807) is 0 Å². The van der Waals surface area contributed by atoms with Gasteiger partial charge in [0.2, 0.25) is 0 Å². The van der Waals surface area contributed by atoms with Crippen molar-refractivity contribution in [2.24, 2.45) is 0 Å². The van der Waals surface area contributed by atoms with Gasteiger partial charge in [-0.2, -0.15) is 0 Å². The molecule has 0 saturated carbocycles. The molecule has 2 rings (SSSR count). The molecule has 0 radical (unpaired) electrons. The summed E-state index contributed by atoms with van der Waals surface area (Å²) in [6, 6.07) is 17.2. The summed E-state index contributed by atoms with van der Waals surface area (Å²) in [7, 11) is 0. The summed E-state index contributed by atoms with van der Waals surface area (Å²) in [5.41, 5.74) is 2.62. The first-order chi connectivity index (χ1) is 7.24. The van der Waals surface area contributed by atoms with E-state index >= 15 is 0 Å². The predicted octanol–water partition coefficient (Wildman–Crippen LogP) is 4.45. The second-order valence-corrected chi connectivity index (χ2v) is 4.88. The van der Waals surface area contributed by atoms with Crippen LogP contribution in [0, 0.1) is 13.8 Å². The minimum absolute atomic E-state index is 1.30. The van der Waals surface area contributed by atoms with Crippen LogP contribution >= 0.6 is 11.8 Å². The monoisotopic (exact) mass is 214 g/mol. The zero-order valence-electron chi connectivity index (χ0n) is 9.03. The Kier molecular flexibility index (Phi) is 3.12. The third-order valence-electron chi connectivity index (χ3n) is 2.25. The van der Waals surface area contributed by atoms with Crippen LogP contribution in [-0.4, -0.2) is 0 Å². The van der Waals surface area contributed by atoms with Gasteiger partial charge in [-0.15, -0.1) is 0 Å². The smallest absolute Gasteiger partial charge is 0.0124 e. The minimum Gasteiger partial charge on any atom is -0.0901 e. The van der Waals surface area contributed by atoms with Gasteiger partial charge in [0.25, 0.3) is 0 Å². The molecule has 0 spiro atoms. The molecule has 0 bridgehead atoms. The first-order valence-electron chi connectivity index (χ1n) is 5.05. The van der Waals surface area contributed by atoms with Gasteiger partial charge in [0, 0.05) is 9.79 Å². The molecule has 0 aromatic heterocycles. The van der Waals surface area contributed by atoms with Crippen molar-refractivity contribution in [3.8, 4) is 0 Å². The van der Waals surface area contributed by atoms with E-state index < -0.39 is 0 Å². The van der Waals surface area contributed by atoms with Crippen LogP contribution in [0.25, 0.3) is 0 Å². The molecule has 76 valence electrons. The molecule has 15 heavy (non-hydrogen) atoms. The molecule has 0 N–H and O–H groups in total. The van der Waals surface area contributed by atoms with Gasteiger partial charge in [-0.1, -0.05) is 47.2 Å². The second kappa shape index (κ2) is 4.54. The number of rotatable bonds is 2. The third kappa shape index (κ3) is 2.87. The maximum Gasteiger partial charge on any atom is 0.0124 e. The van der Waals surface area contributed by atoms with Crippen LogP contribution in [0.1, 0.15) is 11.1 Å². The maximum absolute atomic E-state index is 2.21. The molecule has 0 unspecified atom stereocenters. The molecule has 0 atom stereocenters. The Bertz CT molecular complexity index is 443. The first kappa shape index (κ1) is 10.3. The molecule has 0 heterocycles. The number of benzene rings is 2. The fraction of sp³-hybridized carbons (Fsp3) is 0.143. The van der Waals surface area contributed by atoms with Crippen molar-refractivity contribution in [3.05, 3.63) is 59.7 Å². The number of aryl methyl sites for hydroxylation is 2. The van der Waals surface area contributed by atoms with E-state index in [1.165, 1.54) is 20.9 Å². The number of hydrogen-bond acceptors (Lipinski definition) is 1. The fourth-order valence-corrected chi connectivity index (χ4v) is 2.36. The molecule has 0 amide bonds. The summed E-state index contributed by atoms with van der Waals surface area (Å²) in [6.45, 7) is 4.24. The Labute approximate surface area is 95.3 Å². The Morgan fingerprint density at radius 3 is 2.13 bits per heavy atom. The van der Waals surface area contributed by atoms with Crippen LogP contribution in [0.15, 0.2) is 58.3 Å². The van der Waals surface area contributed by atoms with Gasteiger partial charge in [0.1, 0.15) is 0 Å². The molecule has 0 fully saturated rings. The Morgan fingerprint density at radius 1 is 0.733 bits per heavy atom. The van der Waals surface area contributed by atoms with E-state index in [4.69, 9.17) is 0 Å². The van der Waals surface area contributed by atoms with Crippen molar-refractivity contribution in [1.29, 1.82) is 0 Å². The van der Waals surface area contributed by atoms with E-state index in [0.717, 1.165) is 0 Å². The standard InChI is InChI=1S/C14H14S/c1-11-6-8-13(9-7-11)15-14-5-3-4-12(2)10-14/h3-10H,1-2H3. The fourth-order valence-electron chi connectivity index (χ4n) is 1.42. The molecule has 0 aliphatic rings. The molecule has 0 saturated heterocycles. The second-order valence-electron chi connectivity index (χ2n) is 3.73. The summed E-state index contributed by atoms with van der Waals surface area (Å²) in [5.74, 6) is 0. The normalized spacial score (nSPS) is 10.3. The molecular formula is C14H14S. The molecule has 1 heteroatoms. The molecule has 2 aromatic rings. The Balaban J connectivity index is 2.18. The van der Waals surface area contributed by atoms with Gasteiger partial charge >= 0.3 is 0 Å². The molecule has 0 aliphatic carbocycles. The summed E-state index contributed by atoms with van der Waals surface area (Å²) < 4.78 is 0. The zero-order valence-corrected chi connectivity index (χ0v) is 9.84. The van der Waals surface area contributed by atoms with Crippen molar-refractivity contribution in [2.75, 3.05) is 0 Å². The Hall–Kier alpha value is -1.21. The summed E-state index contributed by atoms with van der Waals surface area (Å²) in [4.78, 5) is 2.60. The summed E-state index contributed by atoms with van der Waals surface area (Å²) >= 11 is 1.81. The predicted molar refractivity (Wildman–Crippen MR) is 66.5 cm³/mol. The van der Waals surface area contributed by atoms with Gasteiger partial charge in [-0.25, -0.2) is 0 Å². The van der Waals surface area contributed by atoms with Crippen molar-refractivity contribution < 1.29 is 0 Å². The number of hydrogen-bond donors (Lipinski definition) is 0. The lowest BCUT2D eigenvalue weighted by Crippen LogP contribution is -1.76. The van der Waals surface area contributed by atoms with Crippen molar-refractivity contribution in [3.63, 3.8) is 0 Å².